The third-order valence-corrected chi connectivity index (χ3v) is 4.14. The van der Waals surface area contributed by atoms with E-state index >= 15 is 0 Å². The lowest BCUT2D eigenvalue weighted by molar-refractivity contribution is -0.129. The summed E-state index contributed by atoms with van der Waals surface area (Å²) in [6.45, 7) is 0. The molecule has 0 aliphatic heterocycles. The van der Waals surface area contributed by atoms with Crippen LogP contribution < -0.4 is 16.5 Å². The van der Waals surface area contributed by atoms with Crippen molar-refractivity contribution in [1.82, 2.24) is 5.48 Å². The number of amides is 2. The van der Waals surface area contributed by atoms with Gasteiger partial charge in [-0.05, 0) is 37.0 Å². The number of nitrogens with one attached hydrogen (secondary N) is 2. The standard InChI is InChI=1S/C17H25N3O3/c18-15-11-14(15)12-7-9-13(10-8-12)19-16(21)5-3-1-2-4-6-17(22)20-23/h7-10,14-15,23H,1-6,11,18H2,(H,19,21)(H,20,22)/t14-,15+/m0/s1. The van der Waals surface area contributed by atoms with E-state index in [-0.39, 0.29) is 11.8 Å². The van der Waals surface area contributed by atoms with Crippen LogP contribution in [0.1, 0.15) is 56.4 Å². The molecule has 0 heterocycles. The lowest BCUT2D eigenvalue weighted by Crippen LogP contribution is -2.17. The molecule has 1 fully saturated rings. The molecule has 6 nitrogen and oxygen atoms in total. The molecule has 1 aromatic carbocycles. The summed E-state index contributed by atoms with van der Waals surface area (Å²) in [4.78, 5) is 22.7. The van der Waals surface area contributed by atoms with Crippen molar-refractivity contribution in [1.29, 1.82) is 0 Å². The molecule has 1 aliphatic rings. The molecule has 0 unspecified atom stereocenters. The van der Waals surface area contributed by atoms with Gasteiger partial charge in [-0.3, -0.25) is 14.8 Å². The monoisotopic (exact) mass is 319 g/mol. The second kappa shape index (κ2) is 8.64. The van der Waals surface area contributed by atoms with E-state index in [1.54, 1.807) is 5.48 Å². The van der Waals surface area contributed by atoms with Gasteiger partial charge in [-0.15, -0.1) is 0 Å². The molecule has 2 atom stereocenters. The first-order chi connectivity index (χ1) is 11.1. The van der Waals surface area contributed by atoms with Gasteiger partial charge in [0.2, 0.25) is 11.8 Å². The normalized spacial score (nSPS) is 19.2. The molecular weight excluding hydrogens is 294 g/mol. The minimum Gasteiger partial charge on any atom is -0.327 e. The summed E-state index contributed by atoms with van der Waals surface area (Å²) >= 11 is 0. The molecule has 1 aliphatic carbocycles. The van der Waals surface area contributed by atoms with Crippen LogP contribution in [0.3, 0.4) is 0 Å². The van der Waals surface area contributed by atoms with Gasteiger partial charge in [-0.25, -0.2) is 5.48 Å². The Balaban J connectivity index is 1.58. The fourth-order valence-corrected chi connectivity index (χ4v) is 2.62. The molecule has 0 bridgehead atoms. The van der Waals surface area contributed by atoms with Gasteiger partial charge in [-0.2, -0.15) is 0 Å². The van der Waals surface area contributed by atoms with Gasteiger partial charge in [0.25, 0.3) is 0 Å². The lowest BCUT2D eigenvalue weighted by Gasteiger charge is -2.06. The zero-order chi connectivity index (χ0) is 16.7. The number of unbranched alkanes of at least 4 members (excludes halogenated alkanes) is 3. The van der Waals surface area contributed by atoms with E-state index in [1.165, 1.54) is 5.56 Å². The Labute approximate surface area is 136 Å². The van der Waals surface area contributed by atoms with Gasteiger partial charge in [0.05, 0.1) is 0 Å². The fourth-order valence-electron chi connectivity index (χ4n) is 2.62. The number of anilines is 1. The summed E-state index contributed by atoms with van der Waals surface area (Å²) < 4.78 is 0. The minimum absolute atomic E-state index is 0.00831. The molecule has 126 valence electrons. The van der Waals surface area contributed by atoms with E-state index in [1.807, 2.05) is 24.3 Å². The summed E-state index contributed by atoms with van der Waals surface area (Å²) in [5.74, 6) is 0.125. The number of hydroxylamine groups is 1. The second-order valence-electron chi connectivity index (χ2n) is 6.13. The van der Waals surface area contributed by atoms with Crippen LogP contribution in [0.15, 0.2) is 24.3 Å². The van der Waals surface area contributed by atoms with Crippen molar-refractivity contribution in [3.8, 4) is 0 Å². The summed E-state index contributed by atoms with van der Waals surface area (Å²) in [6.07, 6.45) is 5.12. The molecule has 0 aromatic heterocycles. The van der Waals surface area contributed by atoms with E-state index < -0.39 is 0 Å². The first-order valence-corrected chi connectivity index (χ1v) is 8.18. The number of carbonyl (C=O) groups is 2. The van der Waals surface area contributed by atoms with Crippen LogP contribution in [0.2, 0.25) is 0 Å². The Hall–Kier alpha value is -1.92. The fraction of sp³-hybridized carbons (Fsp3) is 0.529. The quantitative estimate of drug-likeness (QED) is 0.318. The first kappa shape index (κ1) is 17.4. The van der Waals surface area contributed by atoms with Crippen molar-refractivity contribution in [3.05, 3.63) is 29.8 Å². The second-order valence-corrected chi connectivity index (χ2v) is 6.13. The maximum atomic E-state index is 11.9. The molecule has 0 radical (unpaired) electrons. The Morgan fingerprint density at radius 3 is 2.13 bits per heavy atom. The van der Waals surface area contributed by atoms with E-state index in [0.29, 0.717) is 24.8 Å². The van der Waals surface area contributed by atoms with Crippen LogP contribution in [0.25, 0.3) is 0 Å². The van der Waals surface area contributed by atoms with Crippen molar-refractivity contribution in [2.24, 2.45) is 5.73 Å². The average Bonchev–Trinajstić information content (AvgIpc) is 3.28. The molecule has 0 spiro atoms. The highest BCUT2D eigenvalue weighted by atomic mass is 16.5. The van der Waals surface area contributed by atoms with Crippen molar-refractivity contribution < 1.29 is 14.8 Å². The van der Waals surface area contributed by atoms with Gasteiger partial charge < -0.3 is 11.1 Å². The van der Waals surface area contributed by atoms with E-state index in [0.717, 1.165) is 37.8 Å². The number of rotatable bonds is 9. The smallest absolute Gasteiger partial charge is 0.243 e. The van der Waals surface area contributed by atoms with Crippen molar-refractivity contribution in [2.75, 3.05) is 5.32 Å². The molecule has 0 saturated heterocycles. The predicted octanol–water partition coefficient (Wildman–Crippen LogP) is 2.29. The maximum absolute atomic E-state index is 11.9. The summed E-state index contributed by atoms with van der Waals surface area (Å²) in [7, 11) is 0. The van der Waals surface area contributed by atoms with Crippen LogP contribution in [0.4, 0.5) is 5.69 Å². The molecule has 5 N–H and O–H groups in total. The predicted molar refractivity (Wildman–Crippen MR) is 88.0 cm³/mol. The Kier molecular flexibility index (Phi) is 6.55. The summed E-state index contributed by atoms with van der Waals surface area (Å²) in [5.41, 5.74) is 9.49. The number of hydrogen-bond acceptors (Lipinski definition) is 4. The molecule has 2 rings (SSSR count). The number of benzene rings is 1. The molecule has 1 aromatic rings. The van der Waals surface area contributed by atoms with Crippen molar-refractivity contribution in [2.45, 2.75) is 56.9 Å². The van der Waals surface area contributed by atoms with Gasteiger partial charge in [-0.1, -0.05) is 25.0 Å². The summed E-state index contributed by atoms with van der Waals surface area (Å²) in [6, 6.07) is 8.19. The van der Waals surface area contributed by atoms with Crippen LogP contribution in [0.5, 0.6) is 0 Å². The minimum atomic E-state index is -0.363. The topological polar surface area (TPSA) is 104 Å². The third kappa shape index (κ3) is 6.00. The highest BCUT2D eigenvalue weighted by Gasteiger charge is 2.34. The number of hydrogen-bond donors (Lipinski definition) is 4. The Bertz CT molecular complexity index is 530. The van der Waals surface area contributed by atoms with Gasteiger partial charge >= 0.3 is 0 Å². The molecule has 2 amide bonds. The Morgan fingerprint density at radius 2 is 1.61 bits per heavy atom. The molecule has 23 heavy (non-hydrogen) atoms. The highest BCUT2D eigenvalue weighted by molar-refractivity contribution is 5.90. The SMILES string of the molecule is N[C@@H]1C[C@H]1c1ccc(NC(=O)CCCCCCC(=O)NO)cc1. The highest BCUT2D eigenvalue weighted by Crippen LogP contribution is 2.39. The molecule has 1 saturated carbocycles. The Morgan fingerprint density at radius 1 is 1.04 bits per heavy atom. The largest absolute Gasteiger partial charge is 0.327 e. The molecular formula is C17H25N3O3. The average molecular weight is 319 g/mol. The summed E-state index contributed by atoms with van der Waals surface area (Å²) in [5, 5.41) is 11.2. The number of nitrogens with two attached hydrogens (primary N) is 1. The van der Waals surface area contributed by atoms with Crippen LogP contribution in [-0.2, 0) is 9.59 Å². The van der Waals surface area contributed by atoms with Crippen LogP contribution in [-0.4, -0.2) is 23.1 Å². The van der Waals surface area contributed by atoms with Gasteiger partial charge in [0.15, 0.2) is 0 Å². The first-order valence-electron chi connectivity index (χ1n) is 8.18. The van der Waals surface area contributed by atoms with E-state index in [9.17, 15) is 9.59 Å². The van der Waals surface area contributed by atoms with Crippen LogP contribution >= 0.6 is 0 Å². The maximum Gasteiger partial charge on any atom is 0.243 e. The molecule has 6 heteroatoms. The zero-order valence-electron chi connectivity index (χ0n) is 13.3. The third-order valence-electron chi connectivity index (χ3n) is 4.14. The van der Waals surface area contributed by atoms with Gasteiger partial charge in [0, 0.05) is 30.5 Å². The zero-order valence-corrected chi connectivity index (χ0v) is 13.3. The van der Waals surface area contributed by atoms with E-state index in [4.69, 9.17) is 10.9 Å². The van der Waals surface area contributed by atoms with Gasteiger partial charge in [0.1, 0.15) is 0 Å². The van der Waals surface area contributed by atoms with E-state index in [2.05, 4.69) is 5.32 Å². The lowest BCUT2D eigenvalue weighted by atomic mass is 10.1. The number of carbonyl (C=O) groups excluding carboxylic acids is 2. The van der Waals surface area contributed by atoms with Crippen molar-refractivity contribution in [3.63, 3.8) is 0 Å². The van der Waals surface area contributed by atoms with Crippen LogP contribution in [0, 0.1) is 0 Å². The van der Waals surface area contributed by atoms with Crippen molar-refractivity contribution >= 4 is 17.5 Å².